The number of hydrogen-bond acceptors (Lipinski definition) is 3. The molecule has 0 heterocycles. The second-order valence-corrected chi connectivity index (χ2v) is 4.42. The third kappa shape index (κ3) is 3.25. The van der Waals surface area contributed by atoms with Crippen LogP contribution in [0.15, 0.2) is 42.5 Å². The van der Waals surface area contributed by atoms with E-state index in [4.69, 9.17) is 0 Å². The van der Waals surface area contributed by atoms with Crippen molar-refractivity contribution >= 4 is 0 Å². The van der Waals surface area contributed by atoms with Gasteiger partial charge in [-0.3, -0.25) is 0 Å². The van der Waals surface area contributed by atoms with Crippen molar-refractivity contribution < 1.29 is 10.2 Å². The molecule has 3 heteroatoms. The highest BCUT2D eigenvalue weighted by Crippen LogP contribution is 2.24. The van der Waals surface area contributed by atoms with E-state index in [9.17, 15) is 10.2 Å². The van der Waals surface area contributed by atoms with E-state index in [0.717, 1.165) is 12.1 Å². The second kappa shape index (κ2) is 5.56. The first kappa shape index (κ1) is 12.5. The topological polar surface area (TPSA) is 52.5 Å². The molecule has 18 heavy (non-hydrogen) atoms. The number of aromatic hydroxyl groups is 2. The SMILES string of the molecule is Cc1cccc(CNCc2ccc(O)c(O)c2)c1. The monoisotopic (exact) mass is 243 g/mol. The molecule has 0 saturated heterocycles. The zero-order valence-corrected chi connectivity index (χ0v) is 10.4. The van der Waals surface area contributed by atoms with Crippen molar-refractivity contribution in [1.82, 2.24) is 5.32 Å². The summed E-state index contributed by atoms with van der Waals surface area (Å²) in [7, 11) is 0. The summed E-state index contributed by atoms with van der Waals surface area (Å²) >= 11 is 0. The lowest BCUT2D eigenvalue weighted by Crippen LogP contribution is -2.12. The summed E-state index contributed by atoms with van der Waals surface area (Å²) in [4.78, 5) is 0. The zero-order chi connectivity index (χ0) is 13.0. The maximum Gasteiger partial charge on any atom is 0.157 e. The highest BCUT2D eigenvalue weighted by Gasteiger charge is 2.00. The molecule has 0 spiro atoms. The molecule has 0 atom stereocenters. The maximum absolute atomic E-state index is 9.38. The molecule has 0 aliphatic carbocycles. The lowest BCUT2D eigenvalue weighted by Gasteiger charge is -2.07. The summed E-state index contributed by atoms with van der Waals surface area (Å²) in [5.74, 6) is -0.165. The van der Waals surface area contributed by atoms with Gasteiger partial charge < -0.3 is 15.5 Å². The third-order valence-electron chi connectivity index (χ3n) is 2.78. The average molecular weight is 243 g/mol. The van der Waals surface area contributed by atoms with Gasteiger partial charge in [0.2, 0.25) is 0 Å². The molecule has 3 nitrogen and oxygen atoms in total. The van der Waals surface area contributed by atoms with Gasteiger partial charge in [0.1, 0.15) is 0 Å². The van der Waals surface area contributed by atoms with Crippen molar-refractivity contribution in [3.05, 3.63) is 59.2 Å². The second-order valence-electron chi connectivity index (χ2n) is 4.42. The van der Waals surface area contributed by atoms with Gasteiger partial charge in [-0.1, -0.05) is 35.9 Å². The Morgan fingerprint density at radius 3 is 2.28 bits per heavy atom. The van der Waals surface area contributed by atoms with E-state index in [1.165, 1.54) is 17.2 Å². The van der Waals surface area contributed by atoms with Gasteiger partial charge in [-0.25, -0.2) is 0 Å². The van der Waals surface area contributed by atoms with Gasteiger partial charge in [-0.05, 0) is 30.2 Å². The highest BCUT2D eigenvalue weighted by molar-refractivity contribution is 5.40. The number of hydrogen-bond donors (Lipinski definition) is 3. The van der Waals surface area contributed by atoms with Crippen molar-refractivity contribution in [1.29, 1.82) is 0 Å². The largest absolute Gasteiger partial charge is 0.504 e. The number of phenols is 2. The molecule has 0 amide bonds. The van der Waals surface area contributed by atoms with Crippen LogP contribution in [0.1, 0.15) is 16.7 Å². The molecule has 2 rings (SSSR count). The Hall–Kier alpha value is -2.00. The van der Waals surface area contributed by atoms with Crippen molar-refractivity contribution in [3.63, 3.8) is 0 Å². The molecule has 0 fully saturated rings. The molecule has 0 aromatic heterocycles. The smallest absolute Gasteiger partial charge is 0.157 e. The minimum atomic E-state index is -0.0857. The van der Waals surface area contributed by atoms with Crippen molar-refractivity contribution in [2.75, 3.05) is 0 Å². The van der Waals surface area contributed by atoms with E-state index >= 15 is 0 Å². The Kier molecular flexibility index (Phi) is 3.85. The lowest BCUT2D eigenvalue weighted by molar-refractivity contribution is 0.403. The molecule has 0 unspecified atom stereocenters. The van der Waals surface area contributed by atoms with Gasteiger partial charge in [0, 0.05) is 13.1 Å². The van der Waals surface area contributed by atoms with E-state index < -0.39 is 0 Å². The fourth-order valence-electron chi connectivity index (χ4n) is 1.85. The molecule has 3 N–H and O–H groups in total. The molecule has 0 aliphatic rings. The van der Waals surface area contributed by atoms with Crippen LogP contribution in [0.2, 0.25) is 0 Å². The molecule has 2 aromatic rings. The Labute approximate surface area is 107 Å². The van der Waals surface area contributed by atoms with Gasteiger partial charge >= 0.3 is 0 Å². The average Bonchev–Trinajstić information content (AvgIpc) is 2.34. The van der Waals surface area contributed by atoms with Crippen LogP contribution in [0.3, 0.4) is 0 Å². The lowest BCUT2D eigenvalue weighted by atomic mass is 10.1. The minimum absolute atomic E-state index is 0.0788. The summed E-state index contributed by atoms with van der Waals surface area (Å²) in [6.07, 6.45) is 0. The van der Waals surface area contributed by atoms with Crippen molar-refractivity contribution in [2.45, 2.75) is 20.0 Å². The maximum atomic E-state index is 9.38. The summed E-state index contributed by atoms with van der Waals surface area (Å²) < 4.78 is 0. The molecular formula is C15H17NO2. The molecular weight excluding hydrogens is 226 g/mol. The number of rotatable bonds is 4. The summed E-state index contributed by atoms with van der Waals surface area (Å²) in [6, 6.07) is 13.2. The summed E-state index contributed by atoms with van der Waals surface area (Å²) in [6.45, 7) is 3.51. The Balaban J connectivity index is 1.90. The van der Waals surface area contributed by atoms with Gasteiger partial charge in [0.05, 0.1) is 0 Å². The van der Waals surface area contributed by atoms with E-state index in [1.54, 1.807) is 12.1 Å². The van der Waals surface area contributed by atoms with Crippen LogP contribution in [-0.4, -0.2) is 10.2 Å². The fraction of sp³-hybridized carbons (Fsp3) is 0.200. The first-order valence-electron chi connectivity index (χ1n) is 5.92. The summed E-state index contributed by atoms with van der Waals surface area (Å²) in [5.41, 5.74) is 3.42. The zero-order valence-electron chi connectivity index (χ0n) is 10.4. The first-order chi connectivity index (χ1) is 8.65. The van der Waals surface area contributed by atoms with E-state index in [0.29, 0.717) is 6.54 Å². The Morgan fingerprint density at radius 2 is 1.61 bits per heavy atom. The number of aryl methyl sites for hydroxylation is 1. The van der Waals surface area contributed by atoms with Gasteiger partial charge in [0.15, 0.2) is 11.5 Å². The van der Waals surface area contributed by atoms with Crippen molar-refractivity contribution in [3.8, 4) is 11.5 Å². The third-order valence-corrected chi connectivity index (χ3v) is 2.78. The van der Waals surface area contributed by atoms with Gasteiger partial charge in [-0.2, -0.15) is 0 Å². The Bertz CT molecular complexity index is 538. The highest BCUT2D eigenvalue weighted by atomic mass is 16.3. The van der Waals surface area contributed by atoms with E-state index in [2.05, 4.69) is 30.4 Å². The first-order valence-corrected chi connectivity index (χ1v) is 5.92. The van der Waals surface area contributed by atoms with Crippen LogP contribution in [0, 0.1) is 6.92 Å². The van der Waals surface area contributed by atoms with Gasteiger partial charge in [-0.15, -0.1) is 0 Å². The van der Waals surface area contributed by atoms with Crippen LogP contribution >= 0.6 is 0 Å². The van der Waals surface area contributed by atoms with Gasteiger partial charge in [0.25, 0.3) is 0 Å². The predicted molar refractivity (Wildman–Crippen MR) is 71.5 cm³/mol. The van der Waals surface area contributed by atoms with E-state index in [-0.39, 0.29) is 11.5 Å². The number of benzene rings is 2. The molecule has 0 bridgehead atoms. The standard InChI is InChI=1S/C15H17NO2/c1-11-3-2-4-12(7-11)9-16-10-13-5-6-14(17)15(18)8-13/h2-8,16-18H,9-10H2,1H3. The molecule has 94 valence electrons. The molecule has 0 saturated carbocycles. The van der Waals surface area contributed by atoms with Crippen LogP contribution in [0.4, 0.5) is 0 Å². The quantitative estimate of drug-likeness (QED) is 0.724. The van der Waals surface area contributed by atoms with Crippen LogP contribution in [-0.2, 0) is 13.1 Å². The molecule has 0 radical (unpaired) electrons. The predicted octanol–water partition coefficient (Wildman–Crippen LogP) is 2.70. The fourth-order valence-corrected chi connectivity index (χ4v) is 1.85. The van der Waals surface area contributed by atoms with Crippen LogP contribution in [0.5, 0.6) is 11.5 Å². The molecule has 2 aromatic carbocycles. The number of nitrogens with one attached hydrogen (secondary N) is 1. The normalized spacial score (nSPS) is 10.5. The number of phenolic OH excluding ortho intramolecular Hbond substituents is 2. The Morgan fingerprint density at radius 1 is 0.889 bits per heavy atom. The van der Waals surface area contributed by atoms with E-state index in [1.807, 2.05) is 6.07 Å². The molecule has 0 aliphatic heterocycles. The van der Waals surface area contributed by atoms with Crippen LogP contribution < -0.4 is 5.32 Å². The summed E-state index contributed by atoms with van der Waals surface area (Å²) in [5, 5.41) is 21.9. The minimum Gasteiger partial charge on any atom is -0.504 e. The van der Waals surface area contributed by atoms with Crippen LogP contribution in [0.25, 0.3) is 0 Å². The van der Waals surface area contributed by atoms with Crippen molar-refractivity contribution in [2.24, 2.45) is 0 Å².